The third kappa shape index (κ3) is 4.80. The van der Waals surface area contributed by atoms with Gasteiger partial charge in [0.2, 0.25) is 23.6 Å². The predicted molar refractivity (Wildman–Crippen MR) is 74.5 cm³/mol. The van der Waals surface area contributed by atoms with Crippen LogP contribution >= 0.6 is 0 Å². The number of aromatic amines is 1. The maximum absolute atomic E-state index is 12.3. The van der Waals surface area contributed by atoms with E-state index in [9.17, 15) is 22.8 Å². The van der Waals surface area contributed by atoms with Crippen molar-refractivity contribution in [2.75, 3.05) is 10.6 Å². The molecule has 0 atom stereocenters. The first kappa shape index (κ1) is 16.5. The first-order valence-corrected chi connectivity index (χ1v) is 6.40. The van der Waals surface area contributed by atoms with E-state index in [1.165, 1.54) is 6.92 Å². The van der Waals surface area contributed by atoms with Crippen molar-refractivity contribution in [1.82, 2.24) is 15.2 Å². The molecule has 0 aliphatic carbocycles. The van der Waals surface area contributed by atoms with Crippen molar-refractivity contribution in [3.05, 3.63) is 35.7 Å². The zero-order chi connectivity index (χ0) is 17.0. The number of rotatable bonds is 4. The average molecular weight is 327 g/mol. The SMILES string of the molecule is CC(=O)Nc1ccc(CC(=O)Nc2n[nH]c(C(F)(F)F)n2)cc1. The number of hydrogen-bond donors (Lipinski definition) is 3. The van der Waals surface area contributed by atoms with Crippen LogP contribution in [-0.4, -0.2) is 27.0 Å². The Hall–Kier alpha value is -2.91. The van der Waals surface area contributed by atoms with Crippen molar-refractivity contribution in [2.45, 2.75) is 19.5 Å². The molecule has 3 N–H and O–H groups in total. The summed E-state index contributed by atoms with van der Waals surface area (Å²) in [6.45, 7) is 1.37. The molecule has 2 amide bonds. The van der Waals surface area contributed by atoms with Crippen LogP contribution in [0.4, 0.5) is 24.8 Å². The van der Waals surface area contributed by atoms with Gasteiger partial charge in [-0.1, -0.05) is 12.1 Å². The Labute approximate surface area is 128 Å². The Kier molecular flexibility index (Phi) is 4.63. The van der Waals surface area contributed by atoms with Crippen LogP contribution in [0.25, 0.3) is 0 Å². The zero-order valence-electron chi connectivity index (χ0n) is 11.9. The number of carbonyl (C=O) groups excluding carboxylic acids is 2. The van der Waals surface area contributed by atoms with E-state index in [1.807, 2.05) is 0 Å². The van der Waals surface area contributed by atoms with E-state index in [-0.39, 0.29) is 12.3 Å². The molecule has 0 aliphatic rings. The molecule has 1 aromatic carbocycles. The van der Waals surface area contributed by atoms with Crippen LogP contribution in [0.2, 0.25) is 0 Å². The van der Waals surface area contributed by atoms with Gasteiger partial charge in [0.15, 0.2) is 0 Å². The largest absolute Gasteiger partial charge is 0.451 e. The van der Waals surface area contributed by atoms with Gasteiger partial charge in [-0.05, 0) is 17.7 Å². The number of nitrogens with one attached hydrogen (secondary N) is 3. The summed E-state index contributed by atoms with van der Waals surface area (Å²) in [6, 6.07) is 6.45. The highest BCUT2D eigenvalue weighted by Gasteiger charge is 2.35. The Morgan fingerprint density at radius 1 is 1.17 bits per heavy atom. The molecule has 0 spiro atoms. The summed E-state index contributed by atoms with van der Waals surface area (Å²) in [5, 5.41) is 9.71. The van der Waals surface area contributed by atoms with Gasteiger partial charge in [-0.15, -0.1) is 5.10 Å². The van der Waals surface area contributed by atoms with Gasteiger partial charge in [0.1, 0.15) is 0 Å². The highest BCUT2D eigenvalue weighted by atomic mass is 19.4. The van der Waals surface area contributed by atoms with Crippen LogP contribution in [-0.2, 0) is 22.2 Å². The lowest BCUT2D eigenvalue weighted by Gasteiger charge is -2.04. The van der Waals surface area contributed by atoms with Crippen LogP contribution in [0.3, 0.4) is 0 Å². The van der Waals surface area contributed by atoms with Gasteiger partial charge in [-0.25, -0.2) is 0 Å². The van der Waals surface area contributed by atoms with Crippen LogP contribution in [0.15, 0.2) is 24.3 Å². The number of benzene rings is 1. The van der Waals surface area contributed by atoms with Crippen molar-refractivity contribution in [3.63, 3.8) is 0 Å². The van der Waals surface area contributed by atoms with Gasteiger partial charge in [0.05, 0.1) is 6.42 Å². The lowest BCUT2D eigenvalue weighted by molar-refractivity contribution is -0.144. The molecule has 0 fully saturated rings. The second kappa shape index (κ2) is 6.46. The fourth-order valence-corrected chi connectivity index (χ4v) is 1.71. The third-order valence-electron chi connectivity index (χ3n) is 2.64. The predicted octanol–water partition coefficient (Wildman–Crippen LogP) is 1.96. The lowest BCUT2D eigenvalue weighted by Crippen LogP contribution is -2.16. The quantitative estimate of drug-likeness (QED) is 0.799. The first-order chi connectivity index (χ1) is 10.7. The minimum absolute atomic E-state index is 0.0732. The summed E-state index contributed by atoms with van der Waals surface area (Å²) in [5.74, 6) is -2.52. The molecule has 0 bridgehead atoms. The number of anilines is 2. The summed E-state index contributed by atoms with van der Waals surface area (Å²) in [5.41, 5.74) is 1.19. The highest BCUT2D eigenvalue weighted by molar-refractivity contribution is 5.91. The number of carbonyl (C=O) groups is 2. The molecule has 2 rings (SSSR count). The van der Waals surface area contributed by atoms with E-state index < -0.39 is 23.9 Å². The molecule has 23 heavy (non-hydrogen) atoms. The third-order valence-corrected chi connectivity index (χ3v) is 2.64. The second-order valence-corrected chi connectivity index (χ2v) is 4.61. The minimum Gasteiger partial charge on any atom is -0.326 e. The molecule has 1 aromatic heterocycles. The van der Waals surface area contributed by atoms with Crippen molar-refractivity contribution in [2.24, 2.45) is 0 Å². The van der Waals surface area contributed by atoms with Crippen LogP contribution < -0.4 is 10.6 Å². The lowest BCUT2D eigenvalue weighted by atomic mass is 10.1. The van der Waals surface area contributed by atoms with Gasteiger partial charge in [-0.2, -0.15) is 18.2 Å². The van der Waals surface area contributed by atoms with Crippen molar-refractivity contribution in [1.29, 1.82) is 0 Å². The van der Waals surface area contributed by atoms with Gasteiger partial charge in [-0.3, -0.25) is 20.0 Å². The molecule has 0 radical (unpaired) electrons. The van der Waals surface area contributed by atoms with Gasteiger partial charge >= 0.3 is 6.18 Å². The van der Waals surface area contributed by atoms with Crippen LogP contribution in [0.5, 0.6) is 0 Å². The average Bonchev–Trinajstić information content (AvgIpc) is 2.89. The number of halogens is 3. The highest BCUT2D eigenvalue weighted by Crippen LogP contribution is 2.26. The molecule has 0 saturated carbocycles. The smallest absolute Gasteiger partial charge is 0.326 e. The standard InChI is InChI=1S/C13H12F3N5O2/c1-7(22)17-9-4-2-8(3-5-9)6-10(23)18-12-19-11(20-21-12)13(14,15)16/h2-5H,6H2,1H3,(H,17,22)(H2,18,19,20,21,23). The van der Waals surface area contributed by atoms with E-state index >= 15 is 0 Å². The number of alkyl halides is 3. The number of nitrogens with zero attached hydrogens (tertiary/aromatic N) is 2. The van der Waals surface area contributed by atoms with E-state index in [4.69, 9.17) is 0 Å². The number of aromatic nitrogens is 3. The summed E-state index contributed by atoms with van der Waals surface area (Å²) >= 11 is 0. The molecular formula is C13H12F3N5O2. The molecule has 2 aromatic rings. The van der Waals surface area contributed by atoms with E-state index in [0.29, 0.717) is 11.3 Å². The van der Waals surface area contributed by atoms with E-state index in [1.54, 1.807) is 29.4 Å². The second-order valence-electron chi connectivity index (χ2n) is 4.61. The molecule has 1 heterocycles. The first-order valence-electron chi connectivity index (χ1n) is 6.40. The monoisotopic (exact) mass is 327 g/mol. The summed E-state index contributed by atoms with van der Waals surface area (Å²) in [4.78, 5) is 25.8. The Bertz CT molecular complexity index is 709. The maximum atomic E-state index is 12.3. The van der Waals surface area contributed by atoms with Crippen molar-refractivity contribution in [3.8, 4) is 0 Å². The molecule has 7 nitrogen and oxygen atoms in total. The van der Waals surface area contributed by atoms with E-state index in [0.717, 1.165) is 0 Å². The summed E-state index contributed by atoms with van der Waals surface area (Å²) < 4.78 is 37.0. The molecular weight excluding hydrogens is 315 g/mol. The molecule has 122 valence electrons. The normalized spacial score (nSPS) is 11.1. The van der Waals surface area contributed by atoms with Crippen molar-refractivity contribution >= 4 is 23.5 Å². The molecule has 10 heteroatoms. The zero-order valence-corrected chi connectivity index (χ0v) is 11.9. The van der Waals surface area contributed by atoms with Gasteiger partial charge in [0.25, 0.3) is 0 Å². The summed E-state index contributed by atoms with van der Waals surface area (Å²) in [6.07, 6.45) is -4.73. The van der Waals surface area contributed by atoms with Crippen LogP contribution in [0, 0.1) is 0 Å². The molecule has 0 unspecified atom stereocenters. The fourth-order valence-electron chi connectivity index (χ4n) is 1.71. The van der Waals surface area contributed by atoms with Gasteiger partial charge < -0.3 is 5.32 Å². The Morgan fingerprint density at radius 2 is 1.83 bits per heavy atom. The Morgan fingerprint density at radius 3 is 2.35 bits per heavy atom. The number of amides is 2. The van der Waals surface area contributed by atoms with Gasteiger partial charge in [0, 0.05) is 12.6 Å². The fraction of sp³-hybridized carbons (Fsp3) is 0.231. The summed E-state index contributed by atoms with van der Waals surface area (Å²) in [7, 11) is 0. The Balaban J connectivity index is 1.94. The number of H-pyrrole nitrogens is 1. The number of hydrogen-bond acceptors (Lipinski definition) is 4. The van der Waals surface area contributed by atoms with E-state index in [2.05, 4.69) is 20.7 Å². The topological polar surface area (TPSA) is 99.8 Å². The molecule has 0 saturated heterocycles. The maximum Gasteiger partial charge on any atom is 0.451 e. The molecule has 0 aliphatic heterocycles. The minimum atomic E-state index is -4.66. The van der Waals surface area contributed by atoms with Crippen LogP contribution in [0.1, 0.15) is 18.3 Å². The van der Waals surface area contributed by atoms with Crippen molar-refractivity contribution < 1.29 is 22.8 Å².